The first-order valence-corrected chi connectivity index (χ1v) is 13.5. The molecule has 0 saturated carbocycles. The third-order valence-corrected chi connectivity index (χ3v) is 6.58. The number of hydrogen-bond acceptors (Lipinski definition) is 5. The van der Waals surface area contributed by atoms with Crippen LogP contribution < -0.4 is 10.6 Å². The molecular weight excluding hydrogens is 498 g/mol. The zero-order valence-corrected chi connectivity index (χ0v) is 25.2. The van der Waals surface area contributed by atoms with Crippen LogP contribution in [0.25, 0.3) is 0 Å². The van der Waals surface area contributed by atoms with Crippen LogP contribution in [0, 0.1) is 27.7 Å². The Morgan fingerprint density at radius 3 is 1.95 bits per heavy atom. The number of carbonyl (C=O) groups is 3. The van der Waals surface area contributed by atoms with Gasteiger partial charge < -0.3 is 20.3 Å². The van der Waals surface area contributed by atoms with Crippen LogP contribution in [-0.2, 0) is 14.3 Å². The van der Waals surface area contributed by atoms with Crippen LogP contribution >= 0.6 is 12.6 Å². The molecule has 208 valence electrons. The van der Waals surface area contributed by atoms with Gasteiger partial charge in [0, 0.05) is 17.0 Å². The normalized spacial score (nSPS) is 13.3. The lowest BCUT2D eigenvalue weighted by atomic mass is 9.93. The topological polar surface area (TPSA) is 87.7 Å². The summed E-state index contributed by atoms with van der Waals surface area (Å²) in [6.07, 6.45) is -0.721. The highest BCUT2D eigenvalue weighted by molar-refractivity contribution is 7.80. The lowest BCUT2D eigenvalue weighted by molar-refractivity contribution is -0.146. The molecule has 2 unspecified atom stereocenters. The minimum atomic E-state index is -1.01. The van der Waals surface area contributed by atoms with Crippen molar-refractivity contribution in [3.05, 3.63) is 64.2 Å². The monoisotopic (exact) mass is 541 g/mol. The fraction of sp³-hybridized carbons (Fsp3) is 0.500. The molecule has 8 heteroatoms. The SMILES string of the molecule is Cc1ccc(C(C(=O)Nc2c(C)cccc2C)N(C(=O)C(CS)NC(=O)OC(C)(C)C)C(C)(C)C)cc1C. The second-order valence-corrected chi connectivity index (χ2v) is 12.1. The number of para-hydroxylation sites is 1. The van der Waals surface area contributed by atoms with Gasteiger partial charge in [-0.1, -0.05) is 36.4 Å². The summed E-state index contributed by atoms with van der Waals surface area (Å²) in [6, 6.07) is 9.59. The molecule has 2 N–H and O–H groups in total. The van der Waals surface area contributed by atoms with Gasteiger partial charge in [0.05, 0.1) is 0 Å². The van der Waals surface area contributed by atoms with Crippen LogP contribution in [0.1, 0.15) is 75.4 Å². The molecule has 2 aromatic rings. The molecule has 7 nitrogen and oxygen atoms in total. The highest BCUT2D eigenvalue weighted by Gasteiger charge is 2.42. The van der Waals surface area contributed by atoms with E-state index in [0.717, 1.165) is 22.3 Å². The van der Waals surface area contributed by atoms with Gasteiger partial charge in [-0.2, -0.15) is 12.6 Å². The highest BCUT2D eigenvalue weighted by atomic mass is 32.1. The van der Waals surface area contributed by atoms with Crippen molar-refractivity contribution < 1.29 is 19.1 Å². The fourth-order valence-corrected chi connectivity index (χ4v) is 4.45. The van der Waals surface area contributed by atoms with Gasteiger partial charge in [-0.15, -0.1) is 0 Å². The lowest BCUT2D eigenvalue weighted by Crippen LogP contribution is -2.58. The Labute approximate surface area is 233 Å². The first-order chi connectivity index (χ1) is 17.5. The van der Waals surface area contributed by atoms with Crippen molar-refractivity contribution in [3.63, 3.8) is 0 Å². The van der Waals surface area contributed by atoms with Gasteiger partial charge in [0.25, 0.3) is 5.91 Å². The minimum absolute atomic E-state index is 0.0306. The van der Waals surface area contributed by atoms with E-state index in [9.17, 15) is 14.4 Å². The van der Waals surface area contributed by atoms with Crippen molar-refractivity contribution in [3.8, 4) is 0 Å². The summed E-state index contributed by atoms with van der Waals surface area (Å²) >= 11 is 4.36. The molecule has 3 amide bonds. The third kappa shape index (κ3) is 8.00. The maximum atomic E-state index is 14.1. The van der Waals surface area contributed by atoms with Gasteiger partial charge in [0.15, 0.2) is 0 Å². The number of thiol groups is 1. The van der Waals surface area contributed by atoms with Crippen LogP contribution in [0.4, 0.5) is 10.5 Å². The number of rotatable bonds is 7. The number of alkyl carbamates (subject to hydrolysis) is 1. The largest absolute Gasteiger partial charge is 0.444 e. The number of carbonyl (C=O) groups excluding carboxylic acids is 3. The standard InChI is InChI=1S/C30H43N3O4S/c1-18-14-15-22(16-21(18)4)25(26(34)32-24-19(2)12-11-13-20(24)3)33(29(5,6)7)27(35)23(17-38)31-28(36)37-30(8,9)10/h11-16,23,25,38H,17H2,1-10H3,(H,31,36)(H,32,34). The highest BCUT2D eigenvalue weighted by Crippen LogP contribution is 2.33. The number of benzene rings is 2. The molecule has 0 saturated heterocycles. The van der Waals surface area contributed by atoms with E-state index in [4.69, 9.17) is 4.74 Å². The van der Waals surface area contributed by atoms with Crippen molar-refractivity contribution in [2.24, 2.45) is 0 Å². The summed E-state index contributed by atoms with van der Waals surface area (Å²) in [4.78, 5) is 42.3. The molecule has 0 bridgehead atoms. The summed E-state index contributed by atoms with van der Waals surface area (Å²) in [5.41, 5.74) is 3.81. The summed E-state index contributed by atoms with van der Waals surface area (Å²) < 4.78 is 5.38. The van der Waals surface area contributed by atoms with E-state index in [0.29, 0.717) is 11.3 Å². The third-order valence-electron chi connectivity index (χ3n) is 6.21. The summed E-state index contributed by atoms with van der Waals surface area (Å²) in [5, 5.41) is 5.73. The summed E-state index contributed by atoms with van der Waals surface area (Å²) in [6.45, 7) is 18.7. The molecule has 2 rings (SSSR count). The Bertz CT molecular complexity index is 1160. The molecule has 0 aliphatic carbocycles. The number of hydrogen-bond donors (Lipinski definition) is 3. The maximum absolute atomic E-state index is 14.1. The van der Waals surface area contributed by atoms with Crippen molar-refractivity contribution >= 4 is 36.2 Å². The number of nitrogens with zero attached hydrogens (tertiary/aromatic N) is 1. The van der Waals surface area contributed by atoms with Crippen molar-refractivity contribution in [2.45, 2.75) is 92.5 Å². The maximum Gasteiger partial charge on any atom is 0.408 e. The van der Waals surface area contributed by atoms with Gasteiger partial charge >= 0.3 is 6.09 Å². The van der Waals surface area contributed by atoms with Gasteiger partial charge in [-0.3, -0.25) is 9.59 Å². The second kappa shape index (κ2) is 12.2. The van der Waals surface area contributed by atoms with Crippen LogP contribution in [0.2, 0.25) is 0 Å². The molecule has 2 aromatic carbocycles. The molecule has 0 radical (unpaired) electrons. The molecule has 0 spiro atoms. The number of aryl methyl sites for hydroxylation is 4. The van der Waals surface area contributed by atoms with Gasteiger partial charge in [0.1, 0.15) is 17.7 Å². The number of ether oxygens (including phenoxy) is 1. The van der Waals surface area contributed by atoms with Crippen molar-refractivity contribution in [2.75, 3.05) is 11.1 Å². The molecule has 2 atom stereocenters. The first kappa shape index (κ1) is 31.2. The Balaban J connectivity index is 2.61. The van der Waals surface area contributed by atoms with Crippen LogP contribution in [0.5, 0.6) is 0 Å². The number of amides is 3. The molecule has 0 fully saturated rings. The Hall–Kier alpha value is -3.00. The van der Waals surface area contributed by atoms with E-state index in [-0.39, 0.29) is 11.7 Å². The van der Waals surface area contributed by atoms with Gasteiger partial charge in [-0.25, -0.2) is 4.79 Å². The average molecular weight is 542 g/mol. The zero-order valence-electron chi connectivity index (χ0n) is 24.4. The van der Waals surface area contributed by atoms with E-state index in [1.165, 1.54) is 4.90 Å². The van der Waals surface area contributed by atoms with E-state index in [1.807, 2.05) is 84.9 Å². The molecule has 0 aromatic heterocycles. The molecule has 0 aliphatic rings. The summed E-state index contributed by atoms with van der Waals surface area (Å²) in [7, 11) is 0. The number of anilines is 1. The van der Waals surface area contributed by atoms with Gasteiger partial charge in [0.2, 0.25) is 5.91 Å². The summed E-state index contributed by atoms with van der Waals surface area (Å²) in [5.74, 6) is -0.745. The molecule has 0 heterocycles. The fourth-order valence-electron chi connectivity index (χ4n) is 4.20. The molecule has 38 heavy (non-hydrogen) atoms. The van der Waals surface area contributed by atoms with Crippen molar-refractivity contribution in [1.82, 2.24) is 10.2 Å². The van der Waals surface area contributed by atoms with Gasteiger partial charge in [-0.05, 0) is 97.1 Å². The second-order valence-electron chi connectivity index (χ2n) is 11.8. The smallest absolute Gasteiger partial charge is 0.408 e. The Morgan fingerprint density at radius 2 is 1.47 bits per heavy atom. The molecule has 0 aliphatic heterocycles. The predicted molar refractivity (Wildman–Crippen MR) is 157 cm³/mol. The predicted octanol–water partition coefficient (Wildman–Crippen LogP) is 6.05. The quantitative estimate of drug-likeness (QED) is 0.373. The zero-order chi connectivity index (χ0) is 29.0. The van der Waals surface area contributed by atoms with E-state index in [2.05, 4.69) is 23.3 Å². The molecular formula is C30H43N3O4S. The first-order valence-electron chi connectivity index (χ1n) is 12.8. The van der Waals surface area contributed by atoms with E-state index in [1.54, 1.807) is 20.8 Å². The number of nitrogens with one attached hydrogen (secondary N) is 2. The van der Waals surface area contributed by atoms with E-state index >= 15 is 0 Å². The van der Waals surface area contributed by atoms with Crippen LogP contribution in [0.15, 0.2) is 36.4 Å². The van der Waals surface area contributed by atoms with E-state index < -0.39 is 35.2 Å². The van der Waals surface area contributed by atoms with Crippen LogP contribution in [-0.4, -0.2) is 45.7 Å². The Kier molecular flexibility index (Phi) is 10.1. The minimum Gasteiger partial charge on any atom is -0.444 e. The lowest BCUT2D eigenvalue weighted by Gasteiger charge is -2.43. The van der Waals surface area contributed by atoms with Crippen molar-refractivity contribution in [1.29, 1.82) is 0 Å². The van der Waals surface area contributed by atoms with Crippen LogP contribution in [0.3, 0.4) is 0 Å². The average Bonchev–Trinajstić information content (AvgIpc) is 2.77. The Morgan fingerprint density at radius 1 is 0.895 bits per heavy atom.